The molecule has 1 aliphatic heterocycles. The molecule has 0 aliphatic carbocycles. The van der Waals surface area contributed by atoms with Gasteiger partial charge in [0.25, 0.3) is 5.56 Å². The highest BCUT2D eigenvalue weighted by atomic mass is 35.5. The van der Waals surface area contributed by atoms with Gasteiger partial charge in [0.1, 0.15) is 6.61 Å². The van der Waals surface area contributed by atoms with Crippen LogP contribution in [0, 0.1) is 0 Å². The summed E-state index contributed by atoms with van der Waals surface area (Å²) < 4.78 is 13.2. The number of esters is 1. The number of allylic oxidation sites excluding steroid dienone is 1. The fourth-order valence-corrected chi connectivity index (χ4v) is 6.97. The van der Waals surface area contributed by atoms with Crippen LogP contribution >= 0.6 is 34.5 Å². The Bertz CT molecular complexity index is 2060. The highest BCUT2D eigenvalue weighted by Gasteiger charge is 2.33. The Labute approximate surface area is 261 Å². The van der Waals surface area contributed by atoms with Crippen LogP contribution in [0.15, 0.2) is 106 Å². The standard InChI is InChI=1S/C34H26Cl2N2O4S/c1-3-27-29(33(40)41-2)30(22-11-5-4-6-12-22)38-32(39)28(43-34(38)37-27)18-20-16-25(35)31(26(36)17-20)42-19-23-14-9-13-21-10-7-8-15-24(21)23/h4-18,30H,3,19H2,1-2H3/b28-18-/t30-/m1/s1. The summed E-state index contributed by atoms with van der Waals surface area (Å²) in [7, 11) is 1.33. The molecule has 216 valence electrons. The van der Waals surface area contributed by atoms with Crippen LogP contribution in [-0.2, 0) is 16.1 Å². The second-order valence-electron chi connectivity index (χ2n) is 9.94. The van der Waals surface area contributed by atoms with Gasteiger partial charge in [0, 0.05) is 0 Å². The third kappa shape index (κ3) is 5.52. The smallest absolute Gasteiger partial charge is 0.338 e. The number of hydrogen-bond acceptors (Lipinski definition) is 6. The first-order valence-corrected chi connectivity index (χ1v) is 15.2. The van der Waals surface area contributed by atoms with Crippen molar-refractivity contribution >= 4 is 57.4 Å². The molecular formula is C34H26Cl2N2O4S. The van der Waals surface area contributed by atoms with E-state index >= 15 is 0 Å². The van der Waals surface area contributed by atoms with E-state index in [9.17, 15) is 9.59 Å². The van der Waals surface area contributed by atoms with Gasteiger partial charge in [-0.1, -0.05) is 114 Å². The molecule has 0 bridgehead atoms. The molecule has 0 unspecified atom stereocenters. The van der Waals surface area contributed by atoms with E-state index < -0.39 is 12.0 Å². The Kier molecular flexibility index (Phi) is 8.21. The van der Waals surface area contributed by atoms with Crippen molar-refractivity contribution in [3.05, 3.63) is 143 Å². The van der Waals surface area contributed by atoms with Gasteiger partial charge in [-0.25, -0.2) is 9.79 Å². The van der Waals surface area contributed by atoms with E-state index in [0.717, 1.165) is 21.9 Å². The molecule has 0 radical (unpaired) electrons. The maximum atomic E-state index is 13.9. The van der Waals surface area contributed by atoms with E-state index in [4.69, 9.17) is 37.7 Å². The van der Waals surface area contributed by atoms with Crippen LogP contribution in [0.2, 0.25) is 10.0 Å². The van der Waals surface area contributed by atoms with Gasteiger partial charge in [0.2, 0.25) is 0 Å². The number of carbonyl (C=O) groups is 1. The van der Waals surface area contributed by atoms with Crippen LogP contribution in [0.1, 0.15) is 36.1 Å². The van der Waals surface area contributed by atoms with E-state index in [1.165, 1.54) is 18.4 Å². The Hall–Kier alpha value is -4.17. The topological polar surface area (TPSA) is 69.9 Å². The average molecular weight is 630 g/mol. The molecule has 1 aliphatic rings. The summed E-state index contributed by atoms with van der Waals surface area (Å²) in [6.07, 6.45) is 2.23. The number of thiazole rings is 1. The number of hydrogen-bond donors (Lipinski definition) is 0. The number of nitrogens with zero attached hydrogens (tertiary/aromatic N) is 2. The lowest BCUT2D eigenvalue weighted by Crippen LogP contribution is -2.40. The third-order valence-electron chi connectivity index (χ3n) is 7.34. The van der Waals surface area contributed by atoms with Crippen LogP contribution in [0.25, 0.3) is 16.8 Å². The van der Waals surface area contributed by atoms with Crippen molar-refractivity contribution in [3.63, 3.8) is 0 Å². The quantitative estimate of drug-likeness (QED) is 0.185. The predicted molar refractivity (Wildman–Crippen MR) is 172 cm³/mol. The van der Waals surface area contributed by atoms with Crippen molar-refractivity contribution in [2.45, 2.75) is 26.0 Å². The first-order chi connectivity index (χ1) is 20.9. The number of ether oxygens (including phenoxy) is 2. The molecule has 4 aromatic carbocycles. The van der Waals surface area contributed by atoms with Crippen molar-refractivity contribution in [2.75, 3.05) is 7.11 Å². The molecule has 0 spiro atoms. The van der Waals surface area contributed by atoms with Crippen LogP contribution in [-0.4, -0.2) is 17.6 Å². The van der Waals surface area contributed by atoms with Crippen molar-refractivity contribution in [1.82, 2.24) is 4.57 Å². The number of aromatic nitrogens is 1. The van der Waals surface area contributed by atoms with Gasteiger partial charge in [-0.2, -0.15) is 0 Å². The van der Waals surface area contributed by atoms with Crippen LogP contribution in [0.4, 0.5) is 0 Å². The Balaban J connectivity index is 1.38. The molecule has 0 saturated heterocycles. The number of rotatable bonds is 7. The molecule has 0 N–H and O–H groups in total. The zero-order chi connectivity index (χ0) is 30.1. The van der Waals surface area contributed by atoms with E-state index in [-0.39, 0.29) is 5.56 Å². The third-order valence-corrected chi connectivity index (χ3v) is 8.88. The number of methoxy groups -OCH3 is 1. The van der Waals surface area contributed by atoms with Crippen molar-refractivity contribution in [1.29, 1.82) is 0 Å². The molecule has 1 atom stereocenters. The Morgan fingerprint density at radius 2 is 1.70 bits per heavy atom. The van der Waals surface area contributed by atoms with Crippen LogP contribution < -0.4 is 19.6 Å². The lowest BCUT2D eigenvalue weighted by molar-refractivity contribution is -0.136. The highest BCUT2D eigenvalue weighted by molar-refractivity contribution is 7.07. The van der Waals surface area contributed by atoms with Crippen molar-refractivity contribution in [3.8, 4) is 5.75 Å². The number of carbonyl (C=O) groups excluding carboxylic acids is 1. The Morgan fingerprint density at radius 1 is 1.00 bits per heavy atom. The van der Waals surface area contributed by atoms with Gasteiger partial charge in [-0.15, -0.1) is 0 Å². The predicted octanol–water partition coefficient (Wildman–Crippen LogP) is 6.84. The van der Waals surface area contributed by atoms with Gasteiger partial charge < -0.3 is 9.47 Å². The zero-order valence-electron chi connectivity index (χ0n) is 23.3. The summed E-state index contributed by atoms with van der Waals surface area (Å²) in [5.41, 5.74) is 3.10. The second kappa shape index (κ2) is 12.2. The average Bonchev–Trinajstić information content (AvgIpc) is 3.33. The van der Waals surface area contributed by atoms with Crippen LogP contribution in [0.3, 0.4) is 0 Å². The molecule has 43 heavy (non-hydrogen) atoms. The van der Waals surface area contributed by atoms with Crippen molar-refractivity contribution in [2.24, 2.45) is 4.99 Å². The van der Waals surface area contributed by atoms with Gasteiger partial charge >= 0.3 is 5.97 Å². The van der Waals surface area contributed by atoms with E-state index in [0.29, 0.717) is 55.0 Å². The number of fused-ring (bicyclic) bond motifs is 2. The maximum Gasteiger partial charge on any atom is 0.338 e. The van der Waals surface area contributed by atoms with E-state index in [1.807, 2.05) is 61.5 Å². The molecule has 6 rings (SSSR count). The molecule has 0 fully saturated rings. The minimum atomic E-state index is -0.668. The molecule has 5 aromatic rings. The molecular weight excluding hydrogens is 603 g/mol. The fourth-order valence-electron chi connectivity index (χ4n) is 5.34. The maximum absolute atomic E-state index is 13.9. The summed E-state index contributed by atoms with van der Waals surface area (Å²) in [5, 5.41) is 2.88. The summed E-state index contributed by atoms with van der Waals surface area (Å²) in [4.78, 5) is 32.0. The second-order valence-corrected chi connectivity index (χ2v) is 11.8. The molecule has 6 nitrogen and oxygen atoms in total. The lowest BCUT2D eigenvalue weighted by Gasteiger charge is -2.25. The van der Waals surface area contributed by atoms with Gasteiger partial charge in [-0.05, 0) is 52.1 Å². The summed E-state index contributed by atoms with van der Waals surface area (Å²) in [5.74, 6) is -0.143. The number of halogens is 2. The molecule has 0 saturated carbocycles. The normalized spacial score (nSPS) is 14.9. The molecule has 9 heteroatoms. The summed E-state index contributed by atoms with van der Waals surface area (Å²) in [6.45, 7) is 2.21. The minimum Gasteiger partial charge on any atom is -0.486 e. The van der Waals surface area contributed by atoms with Gasteiger partial charge in [0.15, 0.2) is 10.6 Å². The summed E-state index contributed by atoms with van der Waals surface area (Å²) in [6, 6.07) is 26.3. The molecule has 0 amide bonds. The van der Waals surface area contributed by atoms with Gasteiger partial charge in [0.05, 0.1) is 39.0 Å². The minimum absolute atomic E-state index is 0.280. The fraction of sp³-hybridized carbons (Fsp3) is 0.147. The summed E-state index contributed by atoms with van der Waals surface area (Å²) >= 11 is 14.5. The van der Waals surface area contributed by atoms with E-state index in [1.54, 1.807) is 22.8 Å². The highest BCUT2D eigenvalue weighted by Crippen LogP contribution is 2.36. The first kappa shape index (κ1) is 28.9. The Morgan fingerprint density at radius 3 is 2.42 bits per heavy atom. The van der Waals surface area contributed by atoms with Crippen LogP contribution in [0.5, 0.6) is 5.75 Å². The monoisotopic (exact) mass is 628 g/mol. The molecule has 2 heterocycles. The molecule has 1 aromatic heterocycles. The lowest BCUT2D eigenvalue weighted by atomic mass is 9.95. The van der Waals surface area contributed by atoms with Crippen molar-refractivity contribution < 1.29 is 14.3 Å². The van der Waals surface area contributed by atoms with E-state index in [2.05, 4.69) is 18.2 Å². The largest absolute Gasteiger partial charge is 0.486 e. The zero-order valence-corrected chi connectivity index (χ0v) is 25.7. The number of benzene rings is 4. The SMILES string of the molecule is CCC1=C(C(=O)OC)[C@@H](c2ccccc2)n2c(s/c(=C\c3cc(Cl)c(OCc4cccc5ccccc45)c(Cl)c3)c2=O)=N1. The van der Waals surface area contributed by atoms with Gasteiger partial charge in [-0.3, -0.25) is 9.36 Å². The first-order valence-electron chi connectivity index (χ1n) is 13.7.